The van der Waals surface area contributed by atoms with Gasteiger partial charge in [-0.2, -0.15) is 13.5 Å². The minimum Gasteiger partial charge on any atom is -1.00 e. The van der Waals surface area contributed by atoms with Gasteiger partial charge in [0.25, 0.3) is 0 Å². The van der Waals surface area contributed by atoms with Crippen LogP contribution in [-0.4, -0.2) is 60.8 Å². The summed E-state index contributed by atoms with van der Waals surface area (Å²) in [6.45, 7) is 0. The van der Waals surface area contributed by atoms with Crippen LogP contribution in [0.5, 0.6) is 0 Å². The van der Waals surface area contributed by atoms with E-state index in [1.807, 2.05) is 0 Å². The predicted molar refractivity (Wildman–Crippen MR) is 31.4 cm³/mol. The van der Waals surface area contributed by atoms with Gasteiger partial charge in [0.05, 0.1) is 0 Å². The van der Waals surface area contributed by atoms with Crippen LogP contribution in [-0.2, 0) is 0 Å². The molecular formula is H9CaMgNS. The van der Waals surface area contributed by atoms with Gasteiger partial charge in [0, 0.05) is 0 Å². The third-order valence-electron chi connectivity index (χ3n) is 0. The molecule has 0 aromatic rings. The van der Waals surface area contributed by atoms with E-state index in [2.05, 4.69) is 0 Å². The topological polar surface area (TPSA) is 35.0 Å². The molecule has 0 aliphatic heterocycles. The number of rotatable bonds is 0. The number of hydrogen-bond donors (Lipinski definition) is 1. The van der Waals surface area contributed by atoms with Crippen molar-refractivity contribution in [3.63, 3.8) is 0 Å². The molecular weight excluding hydrogens is 110 g/mol. The van der Waals surface area contributed by atoms with Gasteiger partial charge in [0.15, 0.2) is 0 Å². The van der Waals surface area contributed by atoms with E-state index in [1.54, 1.807) is 0 Å². The normalized spacial score (nSPS) is 0. The van der Waals surface area contributed by atoms with Crippen LogP contribution >= 0.6 is 13.5 Å². The van der Waals surface area contributed by atoms with Crippen molar-refractivity contribution < 1.29 is 5.71 Å². The van der Waals surface area contributed by atoms with Gasteiger partial charge < -0.3 is 11.9 Å². The van der Waals surface area contributed by atoms with Gasteiger partial charge in [0.1, 0.15) is 0 Å². The molecule has 0 aromatic heterocycles. The van der Waals surface area contributed by atoms with Gasteiger partial charge in [-0.3, -0.25) is 0 Å². The van der Waals surface area contributed by atoms with Gasteiger partial charge in [-0.15, -0.1) is 0 Å². The van der Waals surface area contributed by atoms with Gasteiger partial charge in [-0.1, -0.05) is 0 Å². The molecule has 0 heterocycles. The second kappa shape index (κ2) is 18.4. The van der Waals surface area contributed by atoms with Gasteiger partial charge in [-0.25, -0.2) is 0 Å². The zero-order valence-corrected chi connectivity index (χ0v) is 7.24. The van der Waals surface area contributed by atoms with Crippen molar-refractivity contribution >= 4 is 74.3 Å². The molecule has 24 valence electrons. The molecule has 0 aromatic carbocycles. The van der Waals surface area contributed by atoms with E-state index in [1.165, 1.54) is 0 Å². The van der Waals surface area contributed by atoms with Crippen LogP contribution in [0.25, 0.3) is 0 Å². The van der Waals surface area contributed by atoms with Crippen LogP contribution in [0.15, 0.2) is 0 Å². The Bertz CT molecular complexity index is 16.0. The fourth-order valence-electron chi connectivity index (χ4n) is 0. The van der Waals surface area contributed by atoms with Crippen molar-refractivity contribution in [2.24, 2.45) is 0 Å². The molecule has 0 atom stereocenters. The summed E-state index contributed by atoms with van der Waals surface area (Å²) < 4.78 is 0. The maximum atomic E-state index is 0. The van der Waals surface area contributed by atoms with E-state index in [0.29, 0.717) is 0 Å². The molecule has 4 heavy (non-hydrogen) atoms. The average molecular weight is 120 g/mol. The van der Waals surface area contributed by atoms with Crippen molar-refractivity contribution in [1.82, 2.24) is 6.15 Å². The summed E-state index contributed by atoms with van der Waals surface area (Å²) in [5.41, 5.74) is 0. The van der Waals surface area contributed by atoms with Crippen LogP contribution in [0.3, 0.4) is 0 Å². The Labute approximate surface area is 85.0 Å². The van der Waals surface area contributed by atoms with E-state index in [0.717, 1.165) is 0 Å². The van der Waals surface area contributed by atoms with E-state index in [9.17, 15) is 0 Å². The van der Waals surface area contributed by atoms with Crippen molar-refractivity contribution in [2.45, 2.75) is 0 Å². The van der Waals surface area contributed by atoms with Crippen LogP contribution in [0.2, 0.25) is 0 Å². The quantitative estimate of drug-likeness (QED) is 0.447. The van der Waals surface area contributed by atoms with Gasteiger partial charge in [0.2, 0.25) is 0 Å². The second-order valence-electron chi connectivity index (χ2n) is 0. The fraction of sp³-hybridized carbons (Fsp3) is 0. The zero-order valence-electron chi connectivity index (χ0n) is 6.62. The van der Waals surface area contributed by atoms with Crippen molar-refractivity contribution in [3.8, 4) is 0 Å². The van der Waals surface area contributed by atoms with Gasteiger partial charge in [-0.05, 0) is 0 Å². The van der Waals surface area contributed by atoms with Crippen molar-refractivity contribution in [1.29, 1.82) is 0 Å². The second-order valence-corrected chi connectivity index (χ2v) is 0. The van der Waals surface area contributed by atoms with Crippen LogP contribution in [0.4, 0.5) is 0 Å². The molecule has 1 nitrogen and oxygen atoms in total. The monoisotopic (exact) mass is 119 g/mol. The van der Waals surface area contributed by atoms with Crippen molar-refractivity contribution in [2.75, 3.05) is 0 Å². The smallest absolute Gasteiger partial charge is 1.00 e. The average Bonchev–Trinajstić information content (AvgIpc) is 0. The largest absolute Gasteiger partial charge is 2.00 e. The summed E-state index contributed by atoms with van der Waals surface area (Å²) in [5, 5.41) is 0. The first-order valence-electron chi connectivity index (χ1n) is 0. The summed E-state index contributed by atoms with van der Waals surface area (Å²) in [6.07, 6.45) is 0. The molecule has 0 aliphatic carbocycles. The van der Waals surface area contributed by atoms with Crippen LogP contribution in [0, 0.1) is 0 Å². The molecule has 4 heteroatoms. The SMILES string of the molecule is N.S.[Ca+2].[H-].[H-].[H-].[H-].[Mg+2]. The standard InChI is InChI=1S/Ca.Mg.H3N.H2S.4H/h;;1H3;1H2;;;;/q2*+2;;;4*-1. The molecule has 0 aliphatic rings. The minimum absolute atomic E-state index is 0. The Morgan fingerprint density at radius 2 is 1.25 bits per heavy atom. The molecule has 0 fully saturated rings. The molecule has 0 amide bonds. The summed E-state index contributed by atoms with van der Waals surface area (Å²) in [7, 11) is 0. The Balaban J connectivity index is 0. The maximum absolute atomic E-state index is 0. The molecule has 0 saturated carbocycles. The van der Waals surface area contributed by atoms with E-state index in [-0.39, 0.29) is 86.1 Å². The summed E-state index contributed by atoms with van der Waals surface area (Å²) in [6, 6.07) is 0. The molecule has 0 saturated heterocycles. The van der Waals surface area contributed by atoms with E-state index in [4.69, 9.17) is 0 Å². The molecule has 0 unspecified atom stereocenters. The number of hydrogen-bond acceptors (Lipinski definition) is 1. The Hall–Kier alpha value is 2.34. The van der Waals surface area contributed by atoms with Crippen LogP contribution < -0.4 is 6.15 Å². The van der Waals surface area contributed by atoms with Gasteiger partial charge >= 0.3 is 60.8 Å². The molecule has 0 rings (SSSR count). The summed E-state index contributed by atoms with van der Waals surface area (Å²) in [4.78, 5) is 0. The summed E-state index contributed by atoms with van der Waals surface area (Å²) in [5.74, 6) is 0. The third-order valence-corrected chi connectivity index (χ3v) is 0. The zero-order chi connectivity index (χ0) is 0. The first-order valence-corrected chi connectivity index (χ1v) is 0. The molecule has 3 N–H and O–H groups in total. The van der Waals surface area contributed by atoms with Crippen LogP contribution in [0.1, 0.15) is 5.71 Å². The molecule has 0 radical (unpaired) electrons. The first-order chi connectivity index (χ1) is 0. The fourth-order valence-corrected chi connectivity index (χ4v) is 0. The maximum Gasteiger partial charge on any atom is 2.00 e. The molecule has 0 spiro atoms. The summed E-state index contributed by atoms with van der Waals surface area (Å²) >= 11 is 0. The van der Waals surface area contributed by atoms with E-state index < -0.39 is 0 Å². The molecule has 0 bridgehead atoms. The van der Waals surface area contributed by atoms with Crippen molar-refractivity contribution in [3.05, 3.63) is 0 Å². The predicted octanol–water partition coefficient (Wildman–Crippen LogP) is -0.0368. The minimum atomic E-state index is 0. The first kappa shape index (κ1) is 33.1. The Morgan fingerprint density at radius 1 is 1.25 bits per heavy atom. The third kappa shape index (κ3) is 8.84. The Kier molecular flexibility index (Phi) is 152. The van der Waals surface area contributed by atoms with E-state index >= 15 is 0 Å². The Morgan fingerprint density at radius 3 is 1.25 bits per heavy atom.